The van der Waals surface area contributed by atoms with Gasteiger partial charge in [0.2, 0.25) is 0 Å². The number of aryl methyl sites for hydroxylation is 2. The van der Waals surface area contributed by atoms with E-state index in [2.05, 4.69) is 4.99 Å². The molecule has 0 saturated carbocycles. The van der Waals surface area contributed by atoms with Gasteiger partial charge in [0, 0.05) is 24.2 Å². The summed E-state index contributed by atoms with van der Waals surface area (Å²) in [5, 5.41) is 0. The van der Waals surface area contributed by atoms with E-state index in [1.165, 1.54) is 11.3 Å². The van der Waals surface area contributed by atoms with Crippen molar-refractivity contribution in [2.24, 2.45) is 4.99 Å². The van der Waals surface area contributed by atoms with Crippen molar-refractivity contribution < 1.29 is 14.3 Å². The molecule has 0 aliphatic carbocycles. The van der Waals surface area contributed by atoms with Crippen LogP contribution < -0.4 is 14.3 Å². The van der Waals surface area contributed by atoms with Crippen molar-refractivity contribution in [3.63, 3.8) is 0 Å². The van der Waals surface area contributed by atoms with Gasteiger partial charge >= 0.3 is 0 Å². The second-order valence-electron chi connectivity index (χ2n) is 5.88. The second-order valence-corrected chi connectivity index (χ2v) is 6.88. The number of rotatable bonds is 2. The lowest BCUT2D eigenvalue weighted by Crippen LogP contribution is -2.17. The summed E-state index contributed by atoms with van der Waals surface area (Å²) >= 11 is 1.49. The molecule has 0 radical (unpaired) electrons. The van der Waals surface area contributed by atoms with Gasteiger partial charge in [-0.3, -0.25) is 4.79 Å². The molecule has 1 amide bonds. The first-order valence-electron chi connectivity index (χ1n) is 8.24. The molecule has 0 spiro atoms. The lowest BCUT2D eigenvalue weighted by molar-refractivity contribution is 0.0998. The number of hydrogen-bond acceptors (Lipinski definition) is 4. The lowest BCUT2D eigenvalue weighted by Gasteiger charge is -2.18. The predicted molar refractivity (Wildman–Crippen MR) is 97.6 cm³/mol. The molecule has 2 aromatic carbocycles. The summed E-state index contributed by atoms with van der Waals surface area (Å²) < 4.78 is 14.4. The zero-order valence-electron chi connectivity index (χ0n) is 14.1. The highest BCUT2D eigenvalue weighted by atomic mass is 32.1. The molecule has 25 heavy (non-hydrogen) atoms. The highest BCUT2D eigenvalue weighted by Gasteiger charge is 2.16. The van der Waals surface area contributed by atoms with Gasteiger partial charge in [-0.25, -0.2) is 0 Å². The largest absolute Gasteiger partial charge is 0.486 e. The first-order chi connectivity index (χ1) is 12.2. The molecule has 0 unspecified atom stereocenters. The molecule has 128 valence electrons. The van der Waals surface area contributed by atoms with Crippen molar-refractivity contribution in [3.05, 3.63) is 52.3 Å². The third-order valence-corrected chi connectivity index (χ3v) is 5.20. The van der Waals surface area contributed by atoms with Crippen LogP contribution in [0.15, 0.2) is 41.4 Å². The van der Waals surface area contributed by atoms with Gasteiger partial charge in [0.25, 0.3) is 5.91 Å². The lowest BCUT2D eigenvalue weighted by atomic mass is 10.1. The molecular formula is C19H18N2O3S. The summed E-state index contributed by atoms with van der Waals surface area (Å²) in [4.78, 5) is 17.5. The van der Waals surface area contributed by atoms with Gasteiger partial charge in [0.1, 0.15) is 13.2 Å². The molecule has 0 atom stereocenters. The van der Waals surface area contributed by atoms with Crippen LogP contribution in [0.25, 0.3) is 10.2 Å². The number of nitrogens with zero attached hydrogens (tertiary/aromatic N) is 2. The Labute approximate surface area is 149 Å². The normalized spacial score (nSPS) is 14.1. The van der Waals surface area contributed by atoms with E-state index >= 15 is 0 Å². The average molecular weight is 354 g/mol. The minimum Gasteiger partial charge on any atom is -0.486 e. The number of carbonyl (C=O) groups excluding carboxylic acids is 1. The summed E-state index contributed by atoms with van der Waals surface area (Å²) in [6.45, 7) is 5.87. The van der Waals surface area contributed by atoms with E-state index in [1.807, 2.05) is 54.8 Å². The van der Waals surface area contributed by atoms with Crippen molar-refractivity contribution >= 4 is 27.5 Å². The van der Waals surface area contributed by atoms with E-state index in [-0.39, 0.29) is 5.91 Å². The highest BCUT2D eigenvalue weighted by Crippen LogP contribution is 2.35. The number of carbonyl (C=O) groups is 1. The molecule has 0 N–H and O–H groups in total. The Hall–Kier alpha value is -2.60. The Balaban J connectivity index is 1.83. The van der Waals surface area contributed by atoms with Crippen LogP contribution in [0.4, 0.5) is 0 Å². The highest BCUT2D eigenvalue weighted by molar-refractivity contribution is 7.16. The maximum Gasteiger partial charge on any atom is 0.279 e. The summed E-state index contributed by atoms with van der Waals surface area (Å²) in [6.07, 6.45) is 0. The topological polar surface area (TPSA) is 52.8 Å². The van der Waals surface area contributed by atoms with Crippen molar-refractivity contribution in [2.45, 2.75) is 20.4 Å². The molecule has 6 heteroatoms. The predicted octanol–water partition coefficient (Wildman–Crippen LogP) is 3.54. The first kappa shape index (κ1) is 15.9. The van der Waals surface area contributed by atoms with Gasteiger partial charge in [-0.05, 0) is 26.0 Å². The van der Waals surface area contributed by atoms with Gasteiger partial charge in [-0.2, -0.15) is 4.99 Å². The summed E-state index contributed by atoms with van der Waals surface area (Å²) in [5.41, 5.74) is 2.72. The van der Waals surface area contributed by atoms with Crippen molar-refractivity contribution in [3.8, 4) is 11.5 Å². The van der Waals surface area contributed by atoms with Crippen LogP contribution in [0.2, 0.25) is 0 Å². The van der Waals surface area contributed by atoms with Crippen LogP contribution in [0.3, 0.4) is 0 Å². The SMILES string of the molecule is CCn1c(=NC(=O)c2ccc(C)cc2)sc2cc3c(cc21)OCCO3. The number of benzene rings is 2. The van der Waals surface area contributed by atoms with Crippen molar-refractivity contribution in [1.29, 1.82) is 0 Å². The Bertz CT molecular complexity index is 1020. The fourth-order valence-corrected chi connectivity index (χ4v) is 3.95. The summed E-state index contributed by atoms with van der Waals surface area (Å²) in [7, 11) is 0. The summed E-state index contributed by atoms with van der Waals surface area (Å²) in [6, 6.07) is 11.4. The van der Waals surface area contributed by atoms with Crippen LogP contribution in [0.5, 0.6) is 11.5 Å². The fraction of sp³-hybridized carbons (Fsp3) is 0.263. The van der Waals surface area contributed by atoms with Crippen LogP contribution in [-0.2, 0) is 6.54 Å². The van der Waals surface area contributed by atoms with E-state index in [0.29, 0.717) is 23.6 Å². The monoisotopic (exact) mass is 354 g/mol. The maximum absolute atomic E-state index is 12.5. The molecule has 0 fully saturated rings. The average Bonchev–Trinajstić information content (AvgIpc) is 2.96. The molecule has 4 rings (SSSR count). The van der Waals surface area contributed by atoms with E-state index in [4.69, 9.17) is 9.47 Å². The Kier molecular flexibility index (Phi) is 4.05. The van der Waals surface area contributed by atoms with Gasteiger partial charge in [0.15, 0.2) is 16.3 Å². The number of thiazole rings is 1. The van der Waals surface area contributed by atoms with E-state index in [9.17, 15) is 4.79 Å². The standard InChI is InChI=1S/C19H18N2O3S/c1-3-21-14-10-15-16(24-9-8-23-15)11-17(14)25-19(21)20-18(22)13-6-4-12(2)5-7-13/h4-7,10-11H,3,8-9H2,1-2H3. The number of amides is 1. The number of ether oxygens (including phenoxy) is 2. The van der Waals surface area contributed by atoms with Gasteiger partial charge in [0.05, 0.1) is 10.2 Å². The Morgan fingerprint density at radius 1 is 1.16 bits per heavy atom. The summed E-state index contributed by atoms with van der Waals surface area (Å²) in [5.74, 6) is 1.26. The van der Waals surface area contributed by atoms with Crippen LogP contribution in [0, 0.1) is 6.92 Å². The molecule has 1 aromatic heterocycles. The third kappa shape index (κ3) is 2.93. The van der Waals surface area contributed by atoms with Crippen LogP contribution in [-0.4, -0.2) is 23.7 Å². The van der Waals surface area contributed by atoms with Crippen molar-refractivity contribution in [1.82, 2.24) is 4.57 Å². The smallest absolute Gasteiger partial charge is 0.279 e. The molecule has 1 aliphatic rings. The molecule has 0 saturated heterocycles. The van der Waals surface area contributed by atoms with Crippen LogP contribution in [0.1, 0.15) is 22.8 Å². The van der Waals surface area contributed by atoms with Gasteiger partial charge in [-0.15, -0.1) is 0 Å². The maximum atomic E-state index is 12.5. The third-order valence-electron chi connectivity index (χ3n) is 4.16. The minimum atomic E-state index is -0.231. The number of hydrogen-bond donors (Lipinski definition) is 0. The fourth-order valence-electron chi connectivity index (χ4n) is 2.84. The van der Waals surface area contributed by atoms with Crippen LogP contribution >= 0.6 is 11.3 Å². The van der Waals surface area contributed by atoms with E-state index < -0.39 is 0 Å². The number of aromatic nitrogens is 1. The zero-order valence-corrected chi connectivity index (χ0v) is 14.9. The molecule has 1 aliphatic heterocycles. The zero-order chi connectivity index (χ0) is 17.4. The Morgan fingerprint density at radius 2 is 1.84 bits per heavy atom. The van der Waals surface area contributed by atoms with Gasteiger partial charge in [-0.1, -0.05) is 29.0 Å². The molecule has 2 heterocycles. The molecule has 3 aromatic rings. The minimum absolute atomic E-state index is 0.231. The molecular weight excluding hydrogens is 336 g/mol. The first-order valence-corrected chi connectivity index (χ1v) is 9.06. The van der Waals surface area contributed by atoms with Crippen molar-refractivity contribution in [2.75, 3.05) is 13.2 Å². The molecule has 5 nitrogen and oxygen atoms in total. The van der Waals surface area contributed by atoms with E-state index in [1.54, 1.807) is 0 Å². The Morgan fingerprint density at radius 3 is 2.52 bits per heavy atom. The second kappa shape index (κ2) is 6.37. The molecule has 0 bridgehead atoms. The number of fused-ring (bicyclic) bond motifs is 2. The van der Waals surface area contributed by atoms with Gasteiger partial charge < -0.3 is 14.0 Å². The quantitative estimate of drug-likeness (QED) is 0.707. The van der Waals surface area contributed by atoms with E-state index in [0.717, 1.165) is 33.8 Å².